The largest absolute Gasteiger partial charge is 0.311 e. The topological polar surface area (TPSA) is 11.4 Å². The van der Waals surface area contributed by atoms with E-state index in [0.717, 1.165) is 52.7 Å². The molecule has 0 unspecified atom stereocenters. The summed E-state index contributed by atoms with van der Waals surface area (Å²) in [7, 11) is 0. The van der Waals surface area contributed by atoms with Crippen molar-refractivity contribution < 1.29 is 0 Å². The maximum absolute atomic E-state index is 2.44. The number of anilines is 6. The predicted octanol–water partition coefficient (Wildman–Crippen LogP) is 15.8. The third-order valence-corrected chi connectivity index (χ3v) is 13.3. The molecule has 0 spiro atoms. The molecule has 67 heavy (non-hydrogen) atoms. The number of para-hydroxylation sites is 4. The smallest absolute Gasteiger partial charge is 0.0541 e. The number of benzene rings is 10. The number of aromatic nitrogens is 1. The Labute approximate surface area is 391 Å². The minimum atomic E-state index is 1.05. The number of hydrogen-bond donors (Lipinski definition) is 0. The summed E-state index contributed by atoms with van der Waals surface area (Å²) in [5, 5.41) is 5.13. The molecule has 0 radical (unpaired) electrons. The van der Waals surface area contributed by atoms with E-state index in [2.05, 4.69) is 275 Å². The Bertz CT molecular complexity index is 3370. The number of rotatable bonds is 10. The van der Waals surface area contributed by atoms with Crippen LogP contribution in [0.1, 0.15) is 18.4 Å². The Morgan fingerprint density at radius 3 is 1.13 bits per heavy atom. The van der Waals surface area contributed by atoms with E-state index >= 15 is 0 Å². The second kappa shape index (κ2) is 17.4. The van der Waals surface area contributed by atoms with Crippen molar-refractivity contribution in [2.24, 2.45) is 0 Å². The van der Waals surface area contributed by atoms with Crippen LogP contribution in [0.2, 0.25) is 0 Å². The van der Waals surface area contributed by atoms with Crippen LogP contribution >= 0.6 is 0 Å². The maximum atomic E-state index is 2.44. The van der Waals surface area contributed by atoms with Crippen LogP contribution in [0.15, 0.2) is 255 Å². The third kappa shape index (κ3) is 7.57. The molecule has 1 aromatic heterocycles. The van der Waals surface area contributed by atoms with Gasteiger partial charge in [-0.15, -0.1) is 0 Å². The molecule has 11 aromatic rings. The van der Waals surface area contributed by atoms with E-state index in [1.807, 2.05) is 0 Å². The van der Waals surface area contributed by atoms with Crippen LogP contribution in [0.5, 0.6) is 0 Å². The average molecular weight is 858 g/mol. The molecule has 1 heterocycles. The van der Waals surface area contributed by atoms with Crippen molar-refractivity contribution in [2.75, 3.05) is 9.80 Å². The Morgan fingerprint density at radius 1 is 0.313 bits per heavy atom. The lowest BCUT2D eigenvalue weighted by Gasteiger charge is -2.25. The molecule has 3 nitrogen and oxygen atoms in total. The van der Waals surface area contributed by atoms with Crippen LogP contribution in [0.3, 0.4) is 0 Å². The highest BCUT2D eigenvalue weighted by atomic mass is 15.1. The first-order valence-corrected chi connectivity index (χ1v) is 23.2. The fourth-order valence-corrected chi connectivity index (χ4v) is 10.0. The SMILES string of the molecule is C1=c2ccccc2=C(c2ccc(-n3c4ccc(-c5ccc(N(c6ccccc6)c6ccccc6)cc5)cc4c4cc(-c5ccc(N(c6ccccc6)c6ccccc6)cc5)ccc43)cc2)CC1. The third-order valence-electron chi connectivity index (χ3n) is 13.3. The molecule has 12 rings (SSSR count). The highest BCUT2D eigenvalue weighted by Crippen LogP contribution is 2.41. The van der Waals surface area contributed by atoms with Crippen LogP contribution < -0.4 is 20.2 Å². The van der Waals surface area contributed by atoms with Gasteiger partial charge in [0.1, 0.15) is 0 Å². The Balaban J connectivity index is 0.960. The maximum Gasteiger partial charge on any atom is 0.0541 e. The molecule has 0 N–H and O–H groups in total. The predicted molar refractivity (Wildman–Crippen MR) is 283 cm³/mol. The highest BCUT2D eigenvalue weighted by molar-refractivity contribution is 6.11. The zero-order chi connectivity index (χ0) is 44.5. The van der Waals surface area contributed by atoms with Gasteiger partial charge in [-0.05, 0) is 166 Å². The summed E-state index contributed by atoms with van der Waals surface area (Å²) in [4.78, 5) is 4.62. The van der Waals surface area contributed by atoms with Crippen LogP contribution in [0.4, 0.5) is 34.1 Å². The zero-order valence-electron chi connectivity index (χ0n) is 37.1. The molecule has 0 fully saturated rings. The molecular formula is C64H47N3. The second-order valence-corrected chi connectivity index (χ2v) is 17.3. The van der Waals surface area contributed by atoms with Gasteiger partial charge in [0.25, 0.3) is 0 Å². The summed E-state index contributed by atoms with van der Waals surface area (Å²) in [6.45, 7) is 0. The van der Waals surface area contributed by atoms with E-state index in [-0.39, 0.29) is 0 Å². The van der Waals surface area contributed by atoms with Gasteiger partial charge in [-0.3, -0.25) is 0 Å². The standard InChI is InChI=1S/C64H47N3/c1-5-18-52(19-6-1)65(53-20-7-2-8-21-53)56-36-28-46(29-37-56)50-34-42-63-61(44-50)62-45-51(47-30-38-57(39-31-47)66(54-22-9-3-10-23-54)55-24-11-4-12-25-55)35-43-64(62)67(63)58-40-32-49(33-41-58)60-27-15-17-48-16-13-14-26-59(48)60/h1-14,16-26,28-45H,15,27H2. The normalized spacial score (nSPS) is 12.1. The summed E-state index contributed by atoms with van der Waals surface area (Å²) in [5.74, 6) is 0. The molecule has 0 atom stereocenters. The summed E-state index contributed by atoms with van der Waals surface area (Å²) < 4.78 is 2.44. The lowest BCUT2D eigenvalue weighted by atomic mass is 9.93. The molecule has 3 heteroatoms. The van der Waals surface area contributed by atoms with Crippen molar-refractivity contribution >= 4 is 67.6 Å². The molecule has 0 saturated carbocycles. The van der Waals surface area contributed by atoms with Gasteiger partial charge in [-0.2, -0.15) is 0 Å². The first-order valence-electron chi connectivity index (χ1n) is 23.2. The molecule has 318 valence electrons. The molecule has 10 aromatic carbocycles. The van der Waals surface area contributed by atoms with Crippen molar-refractivity contribution in [2.45, 2.75) is 12.8 Å². The minimum Gasteiger partial charge on any atom is -0.311 e. The molecule has 1 aliphatic rings. The Kier molecular flexibility index (Phi) is 10.3. The molecule has 0 aliphatic heterocycles. The van der Waals surface area contributed by atoms with Crippen molar-refractivity contribution in [1.82, 2.24) is 4.57 Å². The van der Waals surface area contributed by atoms with Crippen LogP contribution in [0, 0.1) is 0 Å². The second-order valence-electron chi connectivity index (χ2n) is 17.3. The van der Waals surface area contributed by atoms with Gasteiger partial charge in [-0.25, -0.2) is 0 Å². The number of fused-ring (bicyclic) bond motifs is 4. The van der Waals surface area contributed by atoms with Gasteiger partial charge in [0.05, 0.1) is 11.0 Å². The van der Waals surface area contributed by atoms with Crippen molar-refractivity contribution in [3.63, 3.8) is 0 Å². The summed E-state index contributed by atoms with van der Waals surface area (Å²) >= 11 is 0. The van der Waals surface area contributed by atoms with Gasteiger partial charge in [0.2, 0.25) is 0 Å². The van der Waals surface area contributed by atoms with E-state index in [4.69, 9.17) is 0 Å². The van der Waals surface area contributed by atoms with E-state index in [1.165, 1.54) is 65.6 Å². The fraction of sp³-hybridized carbons (Fsp3) is 0.0312. The lowest BCUT2D eigenvalue weighted by molar-refractivity contribution is 1.07. The molecule has 0 saturated heterocycles. The van der Waals surface area contributed by atoms with Gasteiger partial charge >= 0.3 is 0 Å². The number of hydrogen-bond acceptors (Lipinski definition) is 2. The van der Waals surface area contributed by atoms with Crippen molar-refractivity contribution in [3.05, 3.63) is 271 Å². The molecule has 0 amide bonds. The van der Waals surface area contributed by atoms with Crippen LogP contribution in [-0.2, 0) is 0 Å². The van der Waals surface area contributed by atoms with Gasteiger partial charge in [0.15, 0.2) is 0 Å². The monoisotopic (exact) mass is 857 g/mol. The lowest BCUT2D eigenvalue weighted by Crippen LogP contribution is -2.29. The van der Waals surface area contributed by atoms with Gasteiger partial charge in [0, 0.05) is 50.6 Å². The van der Waals surface area contributed by atoms with E-state index in [9.17, 15) is 0 Å². The van der Waals surface area contributed by atoms with E-state index in [0.29, 0.717) is 0 Å². The quantitative estimate of drug-likeness (QED) is 0.136. The van der Waals surface area contributed by atoms with Crippen molar-refractivity contribution in [3.8, 4) is 27.9 Å². The Hall–Kier alpha value is -8.66. The van der Waals surface area contributed by atoms with Gasteiger partial charge in [-0.1, -0.05) is 152 Å². The molecule has 0 bridgehead atoms. The first-order chi connectivity index (χ1) is 33.2. The minimum absolute atomic E-state index is 1.05. The molecule has 1 aliphatic carbocycles. The van der Waals surface area contributed by atoms with E-state index in [1.54, 1.807) is 0 Å². The zero-order valence-corrected chi connectivity index (χ0v) is 37.1. The van der Waals surface area contributed by atoms with Crippen LogP contribution in [-0.4, -0.2) is 4.57 Å². The summed E-state index contributed by atoms with van der Waals surface area (Å²) in [5.41, 5.74) is 17.7. The summed E-state index contributed by atoms with van der Waals surface area (Å²) in [6, 6.07) is 92.3. The Morgan fingerprint density at radius 2 is 0.687 bits per heavy atom. The van der Waals surface area contributed by atoms with Crippen LogP contribution in [0.25, 0.3) is 61.4 Å². The average Bonchev–Trinajstić information content (AvgIpc) is 3.73. The summed E-state index contributed by atoms with van der Waals surface area (Å²) in [6.07, 6.45) is 4.48. The van der Waals surface area contributed by atoms with E-state index < -0.39 is 0 Å². The highest BCUT2D eigenvalue weighted by Gasteiger charge is 2.18. The fourth-order valence-electron chi connectivity index (χ4n) is 10.0. The number of nitrogens with zero attached hydrogens (tertiary/aromatic N) is 3. The molecular weight excluding hydrogens is 811 g/mol. The van der Waals surface area contributed by atoms with Crippen molar-refractivity contribution in [1.29, 1.82) is 0 Å². The first kappa shape index (κ1) is 39.9. The van der Waals surface area contributed by atoms with Gasteiger partial charge < -0.3 is 14.4 Å².